The maximum absolute atomic E-state index is 12.3. The fourth-order valence-corrected chi connectivity index (χ4v) is 2.52. The molecule has 29 heavy (non-hydrogen) atoms. The number of hydrazone groups is 1. The molecule has 0 saturated heterocycles. The van der Waals surface area contributed by atoms with Gasteiger partial charge in [-0.1, -0.05) is 35.9 Å². The summed E-state index contributed by atoms with van der Waals surface area (Å²) >= 11 is 0. The van der Waals surface area contributed by atoms with E-state index in [1.807, 2.05) is 25.1 Å². The van der Waals surface area contributed by atoms with Gasteiger partial charge < -0.3 is 5.32 Å². The summed E-state index contributed by atoms with van der Waals surface area (Å²) in [5.74, 6) is -0.650. The molecule has 0 atom stereocenters. The van der Waals surface area contributed by atoms with E-state index in [0.717, 1.165) is 11.1 Å². The van der Waals surface area contributed by atoms with Crippen molar-refractivity contribution in [3.05, 3.63) is 101 Å². The van der Waals surface area contributed by atoms with Crippen LogP contribution in [0.25, 0.3) is 0 Å². The quantitative estimate of drug-likeness (QED) is 0.518. The molecule has 6 heteroatoms. The van der Waals surface area contributed by atoms with Gasteiger partial charge in [0.15, 0.2) is 0 Å². The number of nitrogens with one attached hydrogen (secondary N) is 2. The van der Waals surface area contributed by atoms with Gasteiger partial charge >= 0.3 is 0 Å². The number of benzene rings is 3. The first kappa shape index (κ1) is 19.5. The lowest BCUT2D eigenvalue weighted by Gasteiger charge is -2.07. The highest BCUT2D eigenvalue weighted by Crippen LogP contribution is 2.13. The summed E-state index contributed by atoms with van der Waals surface area (Å²) in [6, 6.07) is 22.7. The smallest absolute Gasteiger partial charge is 0.271 e. The molecule has 0 spiro atoms. The molecule has 142 valence electrons. The molecule has 0 unspecified atom stereocenters. The zero-order valence-corrected chi connectivity index (χ0v) is 15.7. The number of carbonyl (C=O) groups is 2. The van der Waals surface area contributed by atoms with E-state index >= 15 is 0 Å². The Morgan fingerprint density at radius 2 is 1.66 bits per heavy atom. The Kier molecular flexibility index (Phi) is 6.13. The van der Waals surface area contributed by atoms with Crippen molar-refractivity contribution in [3.8, 4) is 6.07 Å². The van der Waals surface area contributed by atoms with Gasteiger partial charge in [0.25, 0.3) is 11.8 Å². The minimum absolute atomic E-state index is 0.249. The SMILES string of the molecule is Cc1ccc(C(=O)Nc2cccc(C(=O)NN=Cc3ccc(C#N)cc3)c2)cc1. The molecule has 6 nitrogen and oxygen atoms in total. The van der Waals surface area contributed by atoms with E-state index in [4.69, 9.17) is 5.26 Å². The second-order valence-electron chi connectivity index (χ2n) is 6.33. The van der Waals surface area contributed by atoms with E-state index in [2.05, 4.69) is 15.8 Å². The number of aryl methyl sites for hydroxylation is 1. The highest BCUT2D eigenvalue weighted by atomic mass is 16.2. The lowest BCUT2D eigenvalue weighted by molar-refractivity contribution is 0.0953. The number of anilines is 1. The fraction of sp³-hybridized carbons (Fsp3) is 0.0435. The van der Waals surface area contributed by atoms with Crippen LogP contribution < -0.4 is 10.7 Å². The highest BCUT2D eigenvalue weighted by Gasteiger charge is 2.09. The summed E-state index contributed by atoms with van der Waals surface area (Å²) in [5, 5.41) is 15.5. The zero-order valence-electron chi connectivity index (χ0n) is 15.7. The molecule has 0 bridgehead atoms. The first-order valence-corrected chi connectivity index (χ1v) is 8.87. The third kappa shape index (κ3) is 5.37. The standard InChI is InChI=1S/C23H18N4O2/c1-16-5-11-19(12-6-16)22(28)26-21-4-2-3-20(13-21)23(29)27-25-15-18-9-7-17(14-24)8-10-18/h2-13,15H,1H3,(H,26,28)(H,27,29). The molecule has 3 aromatic rings. The van der Waals surface area contributed by atoms with Crippen molar-refractivity contribution in [2.45, 2.75) is 6.92 Å². The van der Waals surface area contributed by atoms with Crippen molar-refractivity contribution in [1.82, 2.24) is 5.43 Å². The highest BCUT2D eigenvalue weighted by molar-refractivity contribution is 6.05. The van der Waals surface area contributed by atoms with Crippen molar-refractivity contribution in [2.24, 2.45) is 5.10 Å². The maximum atomic E-state index is 12.3. The number of rotatable bonds is 5. The van der Waals surface area contributed by atoms with Crippen molar-refractivity contribution in [1.29, 1.82) is 5.26 Å². The van der Waals surface area contributed by atoms with Gasteiger partial charge in [0.05, 0.1) is 17.8 Å². The van der Waals surface area contributed by atoms with E-state index in [-0.39, 0.29) is 5.91 Å². The summed E-state index contributed by atoms with van der Waals surface area (Å²) in [7, 11) is 0. The largest absolute Gasteiger partial charge is 0.322 e. The summed E-state index contributed by atoms with van der Waals surface area (Å²) < 4.78 is 0. The minimum atomic E-state index is -0.402. The second-order valence-corrected chi connectivity index (χ2v) is 6.33. The Bertz CT molecular complexity index is 1090. The predicted octanol–water partition coefficient (Wildman–Crippen LogP) is 3.88. The van der Waals surface area contributed by atoms with Gasteiger partial charge in [-0.25, -0.2) is 5.43 Å². The second kappa shape index (κ2) is 9.11. The fourth-order valence-electron chi connectivity index (χ4n) is 2.52. The summed E-state index contributed by atoms with van der Waals surface area (Å²) in [6.07, 6.45) is 1.49. The first-order valence-electron chi connectivity index (χ1n) is 8.87. The van der Waals surface area contributed by atoms with Gasteiger partial charge in [-0.3, -0.25) is 9.59 Å². The van der Waals surface area contributed by atoms with Crippen LogP contribution in [0.2, 0.25) is 0 Å². The Morgan fingerprint density at radius 3 is 2.34 bits per heavy atom. The van der Waals surface area contributed by atoms with Crippen molar-refractivity contribution in [2.75, 3.05) is 5.32 Å². The Balaban J connectivity index is 1.62. The Morgan fingerprint density at radius 1 is 0.931 bits per heavy atom. The van der Waals surface area contributed by atoms with Crippen LogP contribution in [0.1, 0.15) is 37.4 Å². The monoisotopic (exact) mass is 382 g/mol. The van der Waals surface area contributed by atoms with Gasteiger partial charge in [-0.15, -0.1) is 0 Å². The van der Waals surface area contributed by atoms with Gasteiger partial charge in [-0.2, -0.15) is 10.4 Å². The van der Waals surface area contributed by atoms with E-state index in [1.165, 1.54) is 6.21 Å². The normalized spacial score (nSPS) is 10.3. The van der Waals surface area contributed by atoms with Crippen molar-refractivity contribution in [3.63, 3.8) is 0 Å². The lowest BCUT2D eigenvalue weighted by Crippen LogP contribution is -2.18. The molecule has 0 aliphatic carbocycles. The molecule has 0 aromatic heterocycles. The lowest BCUT2D eigenvalue weighted by atomic mass is 10.1. The molecule has 3 aromatic carbocycles. The van der Waals surface area contributed by atoms with Crippen LogP contribution in [0.4, 0.5) is 5.69 Å². The van der Waals surface area contributed by atoms with Gasteiger partial charge in [0, 0.05) is 16.8 Å². The molecule has 0 fully saturated rings. The van der Waals surface area contributed by atoms with Crippen LogP contribution in [-0.4, -0.2) is 18.0 Å². The topological polar surface area (TPSA) is 94.3 Å². The molecule has 0 radical (unpaired) electrons. The molecule has 0 saturated carbocycles. The average molecular weight is 382 g/mol. The van der Waals surface area contributed by atoms with Crippen LogP contribution in [0.15, 0.2) is 77.9 Å². The molecule has 0 heterocycles. The summed E-state index contributed by atoms with van der Waals surface area (Å²) in [6.45, 7) is 1.95. The molecule has 2 amide bonds. The number of amides is 2. The third-order valence-corrected chi connectivity index (χ3v) is 4.12. The van der Waals surface area contributed by atoms with Crippen molar-refractivity contribution >= 4 is 23.7 Å². The summed E-state index contributed by atoms with van der Waals surface area (Å²) in [4.78, 5) is 24.6. The number of nitriles is 1. The molecular formula is C23H18N4O2. The Hall–Kier alpha value is -4.24. The molecule has 3 rings (SSSR count). The number of carbonyl (C=O) groups excluding carboxylic acids is 2. The van der Waals surface area contributed by atoms with Crippen LogP contribution in [-0.2, 0) is 0 Å². The van der Waals surface area contributed by atoms with Crippen molar-refractivity contribution < 1.29 is 9.59 Å². The third-order valence-electron chi connectivity index (χ3n) is 4.12. The van der Waals surface area contributed by atoms with E-state index in [0.29, 0.717) is 22.4 Å². The maximum Gasteiger partial charge on any atom is 0.271 e. The zero-order chi connectivity index (χ0) is 20.6. The predicted molar refractivity (Wildman–Crippen MR) is 112 cm³/mol. The molecule has 0 aliphatic rings. The first-order chi connectivity index (χ1) is 14.0. The van der Waals surface area contributed by atoms with Crippen LogP contribution in [0, 0.1) is 18.3 Å². The number of nitrogens with zero attached hydrogens (tertiary/aromatic N) is 2. The molecular weight excluding hydrogens is 364 g/mol. The number of hydrogen-bond acceptors (Lipinski definition) is 4. The van der Waals surface area contributed by atoms with Crippen LogP contribution in [0.5, 0.6) is 0 Å². The van der Waals surface area contributed by atoms with Gasteiger partial charge in [0.2, 0.25) is 0 Å². The van der Waals surface area contributed by atoms with Gasteiger partial charge in [0.1, 0.15) is 0 Å². The minimum Gasteiger partial charge on any atom is -0.322 e. The van der Waals surface area contributed by atoms with E-state index in [9.17, 15) is 9.59 Å². The molecule has 2 N–H and O–H groups in total. The van der Waals surface area contributed by atoms with Crippen LogP contribution in [0.3, 0.4) is 0 Å². The summed E-state index contributed by atoms with van der Waals surface area (Å²) in [5.41, 5.74) is 6.24. The van der Waals surface area contributed by atoms with E-state index < -0.39 is 5.91 Å². The Labute approximate surface area is 168 Å². The van der Waals surface area contributed by atoms with Gasteiger partial charge in [-0.05, 0) is 55.0 Å². The van der Waals surface area contributed by atoms with Crippen LogP contribution >= 0.6 is 0 Å². The number of hydrogen-bond donors (Lipinski definition) is 2. The average Bonchev–Trinajstić information content (AvgIpc) is 2.75. The molecule has 0 aliphatic heterocycles. The van der Waals surface area contributed by atoms with E-state index in [1.54, 1.807) is 60.7 Å².